The van der Waals surface area contributed by atoms with Crippen molar-refractivity contribution in [1.29, 1.82) is 0 Å². The summed E-state index contributed by atoms with van der Waals surface area (Å²) in [7, 11) is 0. The maximum absolute atomic E-state index is 12.8. The van der Waals surface area contributed by atoms with Gasteiger partial charge in [0, 0.05) is 6.04 Å². The standard InChI is InChI=1S/C22H29N3O3S/c1-4-28-22(27)18-10(2)16-20(26)24-19(25-21(16)29-18)11(3)23-17-14-6-12-5-13(8-14)9-15(17)7-12/h11-15,17,23H,4-9H2,1-3H3,(H,24,25,26)/t11-,12?,13?,14?,15?,17?/m1/s1. The number of hydrogen-bond donors (Lipinski definition) is 2. The first-order chi connectivity index (χ1) is 13.9. The highest BCUT2D eigenvalue weighted by atomic mass is 32.1. The number of carbonyl (C=O) groups excluding carboxylic acids is 1. The van der Waals surface area contributed by atoms with Crippen LogP contribution in [0.25, 0.3) is 10.2 Å². The SMILES string of the molecule is CCOC(=O)c1sc2nc([C@@H](C)NC3C4CC5CC(C4)CC3C5)[nH]c(=O)c2c1C. The maximum atomic E-state index is 12.8. The third-order valence-electron chi connectivity index (χ3n) is 7.36. The lowest BCUT2D eigenvalue weighted by atomic mass is 9.54. The van der Waals surface area contributed by atoms with Crippen molar-refractivity contribution in [2.45, 2.75) is 65.0 Å². The first-order valence-electron chi connectivity index (χ1n) is 10.9. The molecule has 2 aromatic heterocycles. The van der Waals surface area contributed by atoms with Crippen LogP contribution in [0.15, 0.2) is 4.79 Å². The molecule has 2 N–H and O–H groups in total. The number of hydrogen-bond acceptors (Lipinski definition) is 6. The fraction of sp³-hybridized carbons (Fsp3) is 0.682. The van der Waals surface area contributed by atoms with Gasteiger partial charge in [0.05, 0.1) is 18.0 Å². The van der Waals surface area contributed by atoms with Gasteiger partial charge in [-0.2, -0.15) is 0 Å². The van der Waals surface area contributed by atoms with Gasteiger partial charge >= 0.3 is 5.97 Å². The summed E-state index contributed by atoms with van der Waals surface area (Å²) >= 11 is 1.25. The monoisotopic (exact) mass is 415 g/mol. The molecule has 7 heteroatoms. The van der Waals surface area contributed by atoms with E-state index < -0.39 is 0 Å². The highest BCUT2D eigenvalue weighted by molar-refractivity contribution is 7.20. The zero-order valence-electron chi connectivity index (χ0n) is 17.3. The Hall–Kier alpha value is -1.73. The lowest BCUT2D eigenvalue weighted by Gasteiger charge is -2.55. The molecule has 4 bridgehead atoms. The lowest BCUT2D eigenvalue weighted by Crippen LogP contribution is -2.55. The van der Waals surface area contributed by atoms with Crippen LogP contribution in [0.4, 0.5) is 0 Å². The zero-order chi connectivity index (χ0) is 20.3. The third-order valence-corrected chi connectivity index (χ3v) is 8.52. The molecular formula is C22H29N3O3S. The van der Waals surface area contributed by atoms with Gasteiger partial charge in [-0.25, -0.2) is 9.78 Å². The normalized spacial score (nSPS) is 31.3. The topological polar surface area (TPSA) is 84.1 Å². The highest BCUT2D eigenvalue weighted by Gasteiger charge is 2.48. The van der Waals surface area contributed by atoms with Crippen molar-refractivity contribution < 1.29 is 9.53 Å². The number of H-pyrrole nitrogens is 1. The van der Waals surface area contributed by atoms with Crippen LogP contribution in [0, 0.1) is 30.6 Å². The number of carbonyl (C=O) groups is 1. The minimum atomic E-state index is -0.381. The lowest BCUT2D eigenvalue weighted by molar-refractivity contribution is -0.0174. The van der Waals surface area contributed by atoms with Gasteiger partial charge in [0.2, 0.25) is 0 Å². The minimum absolute atomic E-state index is 0.0249. The van der Waals surface area contributed by atoms with Gasteiger partial charge in [-0.15, -0.1) is 11.3 Å². The van der Waals surface area contributed by atoms with E-state index >= 15 is 0 Å². The Balaban J connectivity index is 1.41. The number of nitrogens with zero attached hydrogens (tertiary/aromatic N) is 1. The molecule has 0 saturated heterocycles. The number of rotatable bonds is 5. The summed E-state index contributed by atoms with van der Waals surface area (Å²) in [6, 6.07) is 0.502. The number of aryl methyl sites for hydroxylation is 1. The fourth-order valence-corrected chi connectivity index (χ4v) is 7.40. The van der Waals surface area contributed by atoms with E-state index in [4.69, 9.17) is 9.72 Å². The summed E-state index contributed by atoms with van der Waals surface area (Å²) < 4.78 is 5.13. The molecule has 6 nitrogen and oxygen atoms in total. The van der Waals surface area contributed by atoms with E-state index in [1.807, 2.05) is 0 Å². The van der Waals surface area contributed by atoms with Crippen molar-refractivity contribution in [2.75, 3.05) is 6.61 Å². The molecule has 4 saturated carbocycles. The molecule has 0 aromatic carbocycles. The molecule has 2 heterocycles. The van der Waals surface area contributed by atoms with E-state index in [1.54, 1.807) is 13.8 Å². The minimum Gasteiger partial charge on any atom is -0.462 e. The predicted molar refractivity (Wildman–Crippen MR) is 113 cm³/mol. The van der Waals surface area contributed by atoms with Crippen LogP contribution in [0.2, 0.25) is 0 Å². The van der Waals surface area contributed by atoms with Crippen LogP contribution in [0.3, 0.4) is 0 Å². The number of thiophene rings is 1. The highest BCUT2D eigenvalue weighted by Crippen LogP contribution is 2.54. The summed E-state index contributed by atoms with van der Waals surface area (Å²) in [6.07, 6.45) is 6.86. The van der Waals surface area contributed by atoms with Gasteiger partial charge in [-0.05, 0) is 82.1 Å². The van der Waals surface area contributed by atoms with E-state index in [1.165, 1.54) is 43.4 Å². The number of aromatic nitrogens is 2. The van der Waals surface area contributed by atoms with E-state index in [2.05, 4.69) is 17.2 Å². The first-order valence-corrected chi connectivity index (χ1v) is 11.7. The van der Waals surface area contributed by atoms with Gasteiger partial charge in [0.25, 0.3) is 5.56 Å². The summed E-state index contributed by atoms with van der Waals surface area (Å²) in [4.78, 5) is 33.8. The summed E-state index contributed by atoms with van der Waals surface area (Å²) in [5, 5.41) is 4.32. The number of esters is 1. The van der Waals surface area contributed by atoms with Crippen molar-refractivity contribution in [3.05, 3.63) is 26.6 Å². The fourth-order valence-electron chi connectivity index (χ4n) is 6.32. The van der Waals surface area contributed by atoms with E-state index in [-0.39, 0.29) is 17.6 Å². The second-order valence-corrected chi connectivity index (χ2v) is 10.3. The average Bonchev–Trinajstić information content (AvgIpc) is 3.01. The zero-order valence-corrected chi connectivity index (χ0v) is 18.1. The Morgan fingerprint density at radius 3 is 2.52 bits per heavy atom. The smallest absolute Gasteiger partial charge is 0.348 e. The van der Waals surface area contributed by atoms with Crippen LogP contribution < -0.4 is 10.9 Å². The molecule has 0 aliphatic heterocycles. The molecule has 4 fully saturated rings. The second-order valence-electron chi connectivity index (χ2n) is 9.25. The molecule has 29 heavy (non-hydrogen) atoms. The van der Waals surface area contributed by atoms with E-state index in [9.17, 15) is 9.59 Å². The molecule has 0 unspecified atom stereocenters. The first kappa shape index (κ1) is 19.2. The van der Waals surface area contributed by atoms with Gasteiger partial charge < -0.3 is 15.0 Å². The molecule has 0 spiro atoms. The van der Waals surface area contributed by atoms with Gasteiger partial charge in [0.15, 0.2) is 0 Å². The van der Waals surface area contributed by atoms with Crippen LogP contribution in [-0.2, 0) is 4.74 Å². The third kappa shape index (κ3) is 3.22. The number of ether oxygens (including phenoxy) is 1. The Morgan fingerprint density at radius 2 is 1.90 bits per heavy atom. The Kier molecular flexibility index (Phi) is 4.78. The average molecular weight is 416 g/mol. The largest absolute Gasteiger partial charge is 0.462 e. The Bertz CT molecular complexity index is 983. The predicted octanol–water partition coefficient (Wildman–Crippen LogP) is 3.95. The molecule has 1 atom stereocenters. The molecule has 6 rings (SSSR count). The number of aromatic amines is 1. The molecule has 2 aromatic rings. The number of fused-ring (bicyclic) bond motifs is 1. The Labute approximate surface area is 174 Å². The van der Waals surface area contributed by atoms with Crippen LogP contribution in [0.1, 0.15) is 73.1 Å². The maximum Gasteiger partial charge on any atom is 0.348 e. The quantitative estimate of drug-likeness (QED) is 0.723. The van der Waals surface area contributed by atoms with Crippen LogP contribution >= 0.6 is 11.3 Å². The van der Waals surface area contributed by atoms with Crippen molar-refractivity contribution in [2.24, 2.45) is 23.7 Å². The van der Waals surface area contributed by atoms with Gasteiger partial charge in [-0.1, -0.05) is 0 Å². The number of nitrogens with one attached hydrogen (secondary N) is 2. The molecular weight excluding hydrogens is 386 g/mol. The van der Waals surface area contributed by atoms with Crippen LogP contribution in [-0.4, -0.2) is 28.6 Å². The van der Waals surface area contributed by atoms with E-state index in [0.29, 0.717) is 39.1 Å². The van der Waals surface area contributed by atoms with Crippen molar-refractivity contribution in [3.63, 3.8) is 0 Å². The summed E-state index contributed by atoms with van der Waals surface area (Å²) in [6.45, 7) is 5.97. The van der Waals surface area contributed by atoms with Gasteiger partial charge in [-0.3, -0.25) is 4.79 Å². The molecule has 0 amide bonds. The summed E-state index contributed by atoms with van der Waals surface area (Å²) in [5.41, 5.74) is 0.485. The molecule has 4 aliphatic rings. The Morgan fingerprint density at radius 1 is 1.24 bits per heavy atom. The molecule has 4 aliphatic carbocycles. The molecule has 156 valence electrons. The second kappa shape index (κ2) is 7.20. The molecule has 0 radical (unpaired) electrons. The van der Waals surface area contributed by atoms with Crippen molar-refractivity contribution in [3.8, 4) is 0 Å². The summed E-state index contributed by atoms with van der Waals surface area (Å²) in [5.74, 6) is 3.69. The van der Waals surface area contributed by atoms with Crippen LogP contribution in [0.5, 0.6) is 0 Å². The van der Waals surface area contributed by atoms with E-state index in [0.717, 1.165) is 23.7 Å². The van der Waals surface area contributed by atoms with Crippen molar-refractivity contribution in [1.82, 2.24) is 15.3 Å². The van der Waals surface area contributed by atoms with Gasteiger partial charge in [0.1, 0.15) is 15.5 Å². The van der Waals surface area contributed by atoms with Crippen molar-refractivity contribution >= 4 is 27.5 Å².